The lowest BCUT2D eigenvalue weighted by atomic mass is 10.1. The molecule has 1 amide bonds. The number of carbonyl (C=O) groups excluding carboxylic acids is 1. The molecule has 0 bridgehead atoms. The summed E-state index contributed by atoms with van der Waals surface area (Å²) in [6.07, 6.45) is 2.56. The van der Waals surface area contributed by atoms with Crippen molar-refractivity contribution in [2.45, 2.75) is 45.2 Å². The molecule has 0 spiro atoms. The van der Waals surface area contributed by atoms with Gasteiger partial charge in [-0.2, -0.15) is 0 Å². The van der Waals surface area contributed by atoms with Crippen LogP contribution in [-0.2, 0) is 9.59 Å². The monoisotopic (exact) mass is 228 g/mol. The largest absolute Gasteiger partial charge is 0.480 e. The van der Waals surface area contributed by atoms with E-state index in [-0.39, 0.29) is 24.5 Å². The maximum absolute atomic E-state index is 12.1. The van der Waals surface area contributed by atoms with Gasteiger partial charge in [-0.05, 0) is 32.7 Å². The summed E-state index contributed by atoms with van der Waals surface area (Å²) in [5.41, 5.74) is 0. The molecule has 0 aromatic heterocycles. The summed E-state index contributed by atoms with van der Waals surface area (Å²) < 4.78 is 0. The van der Waals surface area contributed by atoms with Crippen LogP contribution in [0.3, 0.4) is 0 Å². The molecule has 0 aliphatic carbocycles. The first-order chi connectivity index (χ1) is 7.56. The Hall–Kier alpha value is -1.10. The van der Waals surface area contributed by atoms with E-state index in [1.807, 2.05) is 13.8 Å². The lowest BCUT2D eigenvalue weighted by Gasteiger charge is -2.29. The third-order valence-corrected chi connectivity index (χ3v) is 3.07. The van der Waals surface area contributed by atoms with E-state index in [9.17, 15) is 9.59 Å². The first-order valence-electron chi connectivity index (χ1n) is 5.82. The SMILES string of the molecule is CCC(C)N(CC(=O)O)C(=O)[C@H]1CCCN1. The first-order valence-corrected chi connectivity index (χ1v) is 5.82. The van der Waals surface area contributed by atoms with E-state index >= 15 is 0 Å². The van der Waals surface area contributed by atoms with Gasteiger partial charge < -0.3 is 15.3 Å². The average molecular weight is 228 g/mol. The van der Waals surface area contributed by atoms with Crippen LogP contribution < -0.4 is 5.32 Å². The second-order valence-electron chi connectivity index (χ2n) is 4.27. The highest BCUT2D eigenvalue weighted by molar-refractivity contribution is 5.85. The topological polar surface area (TPSA) is 69.6 Å². The zero-order chi connectivity index (χ0) is 12.1. The molecule has 1 unspecified atom stereocenters. The molecule has 1 heterocycles. The van der Waals surface area contributed by atoms with Crippen molar-refractivity contribution in [2.24, 2.45) is 0 Å². The molecule has 1 aliphatic rings. The Labute approximate surface area is 95.8 Å². The molecule has 1 fully saturated rings. The molecule has 1 saturated heterocycles. The Kier molecular flexibility index (Phi) is 4.73. The Bertz CT molecular complexity index is 262. The number of carboxylic acid groups (broad SMARTS) is 1. The van der Waals surface area contributed by atoms with Crippen molar-refractivity contribution in [3.63, 3.8) is 0 Å². The Morgan fingerprint density at radius 3 is 2.69 bits per heavy atom. The van der Waals surface area contributed by atoms with Gasteiger partial charge in [0.1, 0.15) is 6.54 Å². The zero-order valence-electron chi connectivity index (χ0n) is 9.90. The van der Waals surface area contributed by atoms with Crippen LogP contribution in [-0.4, -0.2) is 47.1 Å². The van der Waals surface area contributed by atoms with Gasteiger partial charge in [-0.15, -0.1) is 0 Å². The van der Waals surface area contributed by atoms with Crippen LogP contribution in [0.2, 0.25) is 0 Å². The fourth-order valence-electron chi connectivity index (χ4n) is 1.91. The standard InChI is InChI=1S/C11H20N2O3/c1-3-8(2)13(7-10(14)15)11(16)9-5-4-6-12-9/h8-9,12H,3-7H2,1-2H3,(H,14,15)/t8?,9-/m1/s1. The van der Waals surface area contributed by atoms with Crippen LogP contribution in [0.25, 0.3) is 0 Å². The summed E-state index contributed by atoms with van der Waals surface area (Å²) in [5.74, 6) is -1.03. The molecular weight excluding hydrogens is 208 g/mol. The van der Waals surface area contributed by atoms with Crippen LogP contribution in [0.1, 0.15) is 33.1 Å². The average Bonchev–Trinajstić information content (AvgIpc) is 2.77. The number of rotatable bonds is 5. The Morgan fingerprint density at radius 1 is 1.56 bits per heavy atom. The van der Waals surface area contributed by atoms with Crippen molar-refractivity contribution in [2.75, 3.05) is 13.1 Å². The number of hydrogen-bond donors (Lipinski definition) is 2. The molecule has 2 N–H and O–H groups in total. The Morgan fingerprint density at radius 2 is 2.25 bits per heavy atom. The third kappa shape index (κ3) is 3.20. The minimum atomic E-state index is -0.952. The van der Waals surface area contributed by atoms with Crippen molar-refractivity contribution in [3.05, 3.63) is 0 Å². The predicted molar refractivity (Wildman–Crippen MR) is 60.1 cm³/mol. The molecule has 0 radical (unpaired) electrons. The van der Waals surface area contributed by atoms with Gasteiger partial charge in [-0.3, -0.25) is 9.59 Å². The zero-order valence-corrected chi connectivity index (χ0v) is 9.90. The molecule has 16 heavy (non-hydrogen) atoms. The molecule has 1 aliphatic heterocycles. The van der Waals surface area contributed by atoms with Gasteiger partial charge in [-0.1, -0.05) is 6.92 Å². The van der Waals surface area contributed by atoms with E-state index in [4.69, 9.17) is 5.11 Å². The maximum Gasteiger partial charge on any atom is 0.323 e. The van der Waals surface area contributed by atoms with Crippen LogP contribution in [0.15, 0.2) is 0 Å². The summed E-state index contributed by atoms with van der Waals surface area (Å²) in [4.78, 5) is 24.3. The molecule has 2 atom stereocenters. The van der Waals surface area contributed by atoms with Crippen LogP contribution in [0.4, 0.5) is 0 Å². The van der Waals surface area contributed by atoms with Crippen LogP contribution in [0, 0.1) is 0 Å². The highest BCUT2D eigenvalue weighted by Crippen LogP contribution is 2.12. The van der Waals surface area contributed by atoms with E-state index in [0.29, 0.717) is 0 Å². The second kappa shape index (κ2) is 5.84. The summed E-state index contributed by atoms with van der Waals surface area (Å²) in [7, 11) is 0. The van der Waals surface area contributed by atoms with Crippen molar-refractivity contribution >= 4 is 11.9 Å². The lowest BCUT2D eigenvalue weighted by Crippen LogP contribution is -2.49. The molecule has 5 nitrogen and oxygen atoms in total. The molecule has 92 valence electrons. The molecule has 1 rings (SSSR count). The van der Waals surface area contributed by atoms with Gasteiger partial charge in [-0.25, -0.2) is 0 Å². The number of hydrogen-bond acceptors (Lipinski definition) is 3. The van der Waals surface area contributed by atoms with Gasteiger partial charge in [0.25, 0.3) is 0 Å². The van der Waals surface area contributed by atoms with E-state index in [1.165, 1.54) is 4.90 Å². The third-order valence-electron chi connectivity index (χ3n) is 3.07. The fraction of sp³-hybridized carbons (Fsp3) is 0.818. The molecule has 0 saturated carbocycles. The molecular formula is C11H20N2O3. The lowest BCUT2D eigenvalue weighted by molar-refractivity contribution is -0.146. The van der Waals surface area contributed by atoms with Crippen LogP contribution >= 0.6 is 0 Å². The Balaban J connectivity index is 2.66. The maximum atomic E-state index is 12.1. The fourth-order valence-corrected chi connectivity index (χ4v) is 1.91. The smallest absolute Gasteiger partial charge is 0.323 e. The summed E-state index contributed by atoms with van der Waals surface area (Å²) in [5, 5.41) is 11.9. The second-order valence-corrected chi connectivity index (χ2v) is 4.27. The molecule has 5 heteroatoms. The van der Waals surface area contributed by atoms with E-state index in [2.05, 4.69) is 5.32 Å². The number of carbonyl (C=O) groups is 2. The van der Waals surface area contributed by atoms with Gasteiger partial charge in [0, 0.05) is 6.04 Å². The van der Waals surface area contributed by atoms with Crippen LogP contribution in [0.5, 0.6) is 0 Å². The van der Waals surface area contributed by atoms with E-state index < -0.39 is 5.97 Å². The highest BCUT2D eigenvalue weighted by Gasteiger charge is 2.30. The van der Waals surface area contributed by atoms with Gasteiger partial charge in [0.2, 0.25) is 5.91 Å². The predicted octanol–water partition coefficient (Wildman–Crippen LogP) is 0.450. The number of nitrogens with one attached hydrogen (secondary N) is 1. The number of aliphatic carboxylic acids is 1. The molecule has 0 aromatic rings. The summed E-state index contributed by atoms with van der Waals surface area (Å²) in [6, 6.07) is -0.209. The van der Waals surface area contributed by atoms with E-state index in [1.54, 1.807) is 0 Å². The number of amides is 1. The number of carboxylic acids is 1. The minimum absolute atomic E-state index is 0.0222. The van der Waals surface area contributed by atoms with Crippen molar-refractivity contribution in [1.82, 2.24) is 10.2 Å². The minimum Gasteiger partial charge on any atom is -0.480 e. The normalized spacial score (nSPS) is 21.8. The van der Waals surface area contributed by atoms with Crippen molar-refractivity contribution in [3.8, 4) is 0 Å². The summed E-state index contributed by atoms with van der Waals surface area (Å²) >= 11 is 0. The van der Waals surface area contributed by atoms with Gasteiger partial charge >= 0.3 is 5.97 Å². The first kappa shape index (κ1) is 13.0. The van der Waals surface area contributed by atoms with Crippen molar-refractivity contribution in [1.29, 1.82) is 0 Å². The quantitative estimate of drug-likeness (QED) is 0.717. The molecule has 0 aromatic carbocycles. The summed E-state index contributed by atoms with van der Waals surface area (Å²) in [6.45, 7) is 4.48. The number of nitrogens with zero attached hydrogens (tertiary/aromatic N) is 1. The van der Waals surface area contributed by atoms with E-state index in [0.717, 1.165) is 25.8 Å². The van der Waals surface area contributed by atoms with Crippen molar-refractivity contribution < 1.29 is 14.7 Å². The highest BCUT2D eigenvalue weighted by atomic mass is 16.4. The van der Waals surface area contributed by atoms with Gasteiger partial charge in [0.15, 0.2) is 0 Å². The van der Waals surface area contributed by atoms with Gasteiger partial charge in [0.05, 0.1) is 6.04 Å².